The van der Waals surface area contributed by atoms with E-state index in [-0.39, 0.29) is 6.04 Å². The van der Waals surface area contributed by atoms with E-state index in [9.17, 15) is 13.2 Å². The SMILES string of the molecule is FC(F)(F)CN(CCCBr)C1CCC1. The molecule has 0 amide bonds. The van der Waals surface area contributed by atoms with Crippen LogP contribution in [-0.4, -0.2) is 35.5 Å². The van der Waals surface area contributed by atoms with Gasteiger partial charge in [0.25, 0.3) is 0 Å². The highest BCUT2D eigenvalue weighted by molar-refractivity contribution is 9.09. The maximum absolute atomic E-state index is 12.2. The summed E-state index contributed by atoms with van der Waals surface area (Å²) < 4.78 is 36.6. The van der Waals surface area contributed by atoms with E-state index in [0.29, 0.717) is 6.54 Å². The molecule has 1 aliphatic carbocycles. The second-order valence-corrected chi connectivity index (χ2v) is 4.51. The molecule has 0 unspecified atom stereocenters. The molecule has 1 saturated carbocycles. The van der Waals surface area contributed by atoms with E-state index in [4.69, 9.17) is 0 Å². The normalized spacial score (nSPS) is 18.6. The van der Waals surface area contributed by atoms with Crippen LogP contribution < -0.4 is 0 Å². The number of halogens is 4. The van der Waals surface area contributed by atoms with Crippen molar-refractivity contribution in [2.75, 3.05) is 18.4 Å². The molecule has 5 heteroatoms. The maximum atomic E-state index is 12.2. The first-order valence-electron chi connectivity index (χ1n) is 4.89. The standard InChI is InChI=1S/C9H15BrF3N/c10-5-2-6-14(7-9(11,12)13)8-3-1-4-8/h8H,1-7H2. The van der Waals surface area contributed by atoms with Crippen molar-refractivity contribution in [1.82, 2.24) is 4.90 Å². The van der Waals surface area contributed by atoms with Crippen LogP contribution in [0.3, 0.4) is 0 Å². The van der Waals surface area contributed by atoms with Crippen molar-refractivity contribution >= 4 is 15.9 Å². The summed E-state index contributed by atoms with van der Waals surface area (Å²) in [7, 11) is 0. The van der Waals surface area contributed by atoms with E-state index in [0.717, 1.165) is 31.0 Å². The van der Waals surface area contributed by atoms with Crippen LogP contribution >= 0.6 is 15.9 Å². The fraction of sp³-hybridized carbons (Fsp3) is 1.00. The van der Waals surface area contributed by atoms with E-state index in [2.05, 4.69) is 15.9 Å². The minimum Gasteiger partial charge on any atom is -0.292 e. The van der Waals surface area contributed by atoms with Gasteiger partial charge in [-0.15, -0.1) is 0 Å². The predicted molar refractivity (Wildman–Crippen MR) is 53.7 cm³/mol. The third kappa shape index (κ3) is 4.17. The van der Waals surface area contributed by atoms with Gasteiger partial charge in [0, 0.05) is 11.4 Å². The van der Waals surface area contributed by atoms with Crippen LogP contribution in [0.5, 0.6) is 0 Å². The molecule has 0 radical (unpaired) electrons. The Hall–Kier alpha value is 0.230. The average molecular weight is 274 g/mol. The summed E-state index contributed by atoms with van der Waals surface area (Å²) in [4.78, 5) is 1.57. The van der Waals surface area contributed by atoms with Crippen molar-refractivity contribution in [2.45, 2.75) is 37.9 Å². The van der Waals surface area contributed by atoms with Gasteiger partial charge in [0.05, 0.1) is 6.54 Å². The number of alkyl halides is 4. The first-order valence-corrected chi connectivity index (χ1v) is 6.02. The molecule has 1 aliphatic rings. The number of nitrogens with zero attached hydrogens (tertiary/aromatic N) is 1. The molecule has 1 fully saturated rings. The molecule has 0 aliphatic heterocycles. The van der Waals surface area contributed by atoms with E-state index < -0.39 is 12.7 Å². The highest BCUT2D eigenvalue weighted by atomic mass is 79.9. The number of rotatable bonds is 5. The Labute approximate surface area is 90.8 Å². The largest absolute Gasteiger partial charge is 0.401 e. The monoisotopic (exact) mass is 273 g/mol. The zero-order valence-corrected chi connectivity index (χ0v) is 9.57. The highest BCUT2D eigenvalue weighted by Gasteiger charge is 2.35. The van der Waals surface area contributed by atoms with Crippen molar-refractivity contribution in [3.63, 3.8) is 0 Å². The van der Waals surface area contributed by atoms with Crippen LogP contribution in [0.4, 0.5) is 13.2 Å². The molecule has 0 aromatic carbocycles. The topological polar surface area (TPSA) is 3.24 Å². The van der Waals surface area contributed by atoms with Crippen molar-refractivity contribution in [1.29, 1.82) is 0 Å². The fourth-order valence-electron chi connectivity index (χ4n) is 1.64. The van der Waals surface area contributed by atoms with Crippen molar-refractivity contribution < 1.29 is 13.2 Å². The molecule has 0 heterocycles. The predicted octanol–water partition coefficient (Wildman–Crippen LogP) is 3.19. The number of hydrogen-bond donors (Lipinski definition) is 0. The summed E-state index contributed by atoms with van der Waals surface area (Å²) in [6.07, 6.45) is -0.335. The lowest BCUT2D eigenvalue weighted by molar-refractivity contribution is -0.154. The minimum absolute atomic E-state index is 0.177. The van der Waals surface area contributed by atoms with E-state index in [1.807, 2.05) is 0 Å². The van der Waals surface area contributed by atoms with Gasteiger partial charge < -0.3 is 0 Å². The van der Waals surface area contributed by atoms with Crippen LogP contribution in [0.15, 0.2) is 0 Å². The molecule has 1 nitrogen and oxygen atoms in total. The Morgan fingerprint density at radius 1 is 1.29 bits per heavy atom. The molecule has 1 rings (SSSR count). The van der Waals surface area contributed by atoms with Gasteiger partial charge in [-0.25, -0.2) is 0 Å². The van der Waals surface area contributed by atoms with Gasteiger partial charge >= 0.3 is 6.18 Å². The lowest BCUT2D eigenvalue weighted by Crippen LogP contribution is -2.45. The van der Waals surface area contributed by atoms with Crippen LogP contribution in [-0.2, 0) is 0 Å². The molecule has 14 heavy (non-hydrogen) atoms. The number of hydrogen-bond acceptors (Lipinski definition) is 1. The lowest BCUT2D eigenvalue weighted by Gasteiger charge is -2.37. The van der Waals surface area contributed by atoms with Crippen molar-refractivity contribution in [2.24, 2.45) is 0 Å². The Bertz CT molecular complexity index is 168. The van der Waals surface area contributed by atoms with Gasteiger partial charge in [-0.3, -0.25) is 4.90 Å². The van der Waals surface area contributed by atoms with Gasteiger partial charge in [0.2, 0.25) is 0 Å². The smallest absolute Gasteiger partial charge is 0.292 e. The molecule has 0 saturated heterocycles. The van der Waals surface area contributed by atoms with Crippen LogP contribution in [0, 0.1) is 0 Å². The molecular formula is C9H15BrF3N. The molecule has 0 aromatic heterocycles. The van der Waals surface area contributed by atoms with E-state index >= 15 is 0 Å². The summed E-state index contributed by atoms with van der Waals surface area (Å²) in [5.74, 6) is 0. The summed E-state index contributed by atoms with van der Waals surface area (Å²) in [5.41, 5.74) is 0. The van der Waals surface area contributed by atoms with Crippen LogP contribution in [0.1, 0.15) is 25.7 Å². The molecule has 0 atom stereocenters. The zero-order valence-electron chi connectivity index (χ0n) is 7.99. The molecule has 0 aromatic rings. The lowest BCUT2D eigenvalue weighted by atomic mass is 9.91. The summed E-state index contributed by atoms with van der Waals surface area (Å²) in [5, 5.41) is 0.772. The van der Waals surface area contributed by atoms with Crippen LogP contribution in [0.2, 0.25) is 0 Å². The summed E-state index contributed by atoms with van der Waals surface area (Å²) >= 11 is 3.24. The Morgan fingerprint density at radius 2 is 1.93 bits per heavy atom. The van der Waals surface area contributed by atoms with Gasteiger partial charge in [-0.1, -0.05) is 22.4 Å². The quantitative estimate of drug-likeness (QED) is 0.696. The van der Waals surface area contributed by atoms with Crippen molar-refractivity contribution in [3.8, 4) is 0 Å². The third-order valence-corrected chi connectivity index (χ3v) is 3.11. The van der Waals surface area contributed by atoms with Crippen molar-refractivity contribution in [3.05, 3.63) is 0 Å². The molecule has 0 bridgehead atoms. The van der Waals surface area contributed by atoms with E-state index in [1.165, 1.54) is 0 Å². The third-order valence-electron chi connectivity index (χ3n) is 2.55. The fourth-order valence-corrected chi connectivity index (χ4v) is 1.89. The summed E-state index contributed by atoms with van der Waals surface area (Å²) in [6.45, 7) is -0.194. The molecule has 0 N–H and O–H groups in total. The average Bonchev–Trinajstić information content (AvgIpc) is 1.93. The zero-order chi connectivity index (χ0) is 10.6. The van der Waals surface area contributed by atoms with E-state index in [1.54, 1.807) is 4.90 Å². The minimum atomic E-state index is -4.05. The first kappa shape index (κ1) is 12.3. The molecule has 0 spiro atoms. The first-order chi connectivity index (χ1) is 6.53. The van der Waals surface area contributed by atoms with Gasteiger partial charge in [0.1, 0.15) is 0 Å². The molecule has 84 valence electrons. The van der Waals surface area contributed by atoms with Gasteiger partial charge in [-0.05, 0) is 25.8 Å². The second kappa shape index (κ2) is 5.35. The van der Waals surface area contributed by atoms with Gasteiger partial charge in [0.15, 0.2) is 0 Å². The van der Waals surface area contributed by atoms with Crippen LogP contribution in [0.25, 0.3) is 0 Å². The molecular weight excluding hydrogens is 259 g/mol. The maximum Gasteiger partial charge on any atom is 0.401 e. The Morgan fingerprint density at radius 3 is 2.29 bits per heavy atom. The Balaban J connectivity index is 2.35. The second-order valence-electron chi connectivity index (χ2n) is 3.71. The van der Waals surface area contributed by atoms with Gasteiger partial charge in [-0.2, -0.15) is 13.2 Å². The Kier molecular flexibility index (Phi) is 4.70. The highest BCUT2D eigenvalue weighted by Crippen LogP contribution is 2.28. The summed E-state index contributed by atoms with van der Waals surface area (Å²) in [6, 6.07) is 0.177.